The zero-order valence-electron chi connectivity index (χ0n) is 11.7. The molecule has 0 fully saturated rings. The monoisotopic (exact) mass is 258 g/mol. The van der Waals surface area contributed by atoms with Gasteiger partial charge in [0.25, 0.3) is 5.56 Å². The van der Waals surface area contributed by atoms with Gasteiger partial charge in [0.15, 0.2) is 0 Å². The van der Waals surface area contributed by atoms with Crippen LogP contribution in [0.5, 0.6) is 0 Å². The third kappa shape index (κ3) is 2.71. The molecule has 2 N–H and O–H groups in total. The highest BCUT2D eigenvalue weighted by atomic mass is 16.1. The predicted molar refractivity (Wildman–Crippen MR) is 80.2 cm³/mol. The van der Waals surface area contributed by atoms with Crippen LogP contribution in [0.1, 0.15) is 32.3 Å². The van der Waals surface area contributed by atoms with Crippen molar-refractivity contribution in [3.63, 3.8) is 0 Å². The van der Waals surface area contributed by atoms with E-state index in [9.17, 15) is 4.79 Å². The average Bonchev–Trinajstić information content (AvgIpc) is 2.46. The molecule has 102 valence electrons. The molecule has 0 bridgehead atoms. The lowest BCUT2D eigenvalue weighted by Crippen LogP contribution is -2.28. The van der Waals surface area contributed by atoms with Crippen molar-refractivity contribution >= 4 is 10.9 Å². The minimum atomic E-state index is 0.0631. The maximum absolute atomic E-state index is 12.5. The summed E-state index contributed by atoms with van der Waals surface area (Å²) < 4.78 is 1.90. The van der Waals surface area contributed by atoms with Crippen LogP contribution in [-0.4, -0.2) is 4.57 Å². The standard InChI is InChI=1S/C16H22N2O/c1-3-12(4-2)11-18-15-8-6-5-7-13(15)9-14(10-17)16(18)19/h5-9,12H,3-4,10-11,17H2,1-2H3. The number of para-hydroxylation sites is 1. The van der Waals surface area contributed by atoms with Crippen molar-refractivity contribution in [3.05, 3.63) is 46.2 Å². The molecule has 2 aromatic rings. The number of nitrogens with two attached hydrogens (primary N) is 1. The van der Waals surface area contributed by atoms with Crippen molar-refractivity contribution in [2.24, 2.45) is 11.7 Å². The highest BCUT2D eigenvalue weighted by molar-refractivity contribution is 5.79. The Labute approximate surface area is 114 Å². The molecule has 3 heteroatoms. The molecule has 1 heterocycles. The Balaban J connectivity index is 2.62. The molecule has 0 amide bonds. The summed E-state index contributed by atoms with van der Waals surface area (Å²) in [4.78, 5) is 12.5. The number of rotatable bonds is 5. The smallest absolute Gasteiger partial charge is 0.255 e. The summed E-state index contributed by atoms with van der Waals surface area (Å²) in [5, 5.41) is 1.09. The molecule has 0 atom stereocenters. The number of hydrogen-bond donors (Lipinski definition) is 1. The zero-order valence-corrected chi connectivity index (χ0v) is 11.7. The van der Waals surface area contributed by atoms with Crippen LogP contribution < -0.4 is 11.3 Å². The van der Waals surface area contributed by atoms with Gasteiger partial charge in [0.05, 0.1) is 5.52 Å². The van der Waals surface area contributed by atoms with Crippen LogP contribution in [0.2, 0.25) is 0 Å². The molecule has 19 heavy (non-hydrogen) atoms. The molecule has 1 aromatic carbocycles. The van der Waals surface area contributed by atoms with Crippen molar-refractivity contribution in [2.45, 2.75) is 39.8 Å². The van der Waals surface area contributed by atoms with E-state index in [1.165, 1.54) is 0 Å². The van der Waals surface area contributed by atoms with E-state index in [4.69, 9.17) is 5.73 Å². The summed E-state index contributed by atoms with van der Waals surface area (Å²) in [5.74, 6) is 0.536. The fourth-order valence-corrected chi connectivity index (χ4v) is 2.52. The van der Waals surface area contributed by atoms with Crippen LogP contribution in [0.3, 0.4) is 0 Å². The molecule has 0 spiro atoms. The van der Waals surface area contributed by atoms with Crippen LogP contribution in [0.4, 0.5) is 0 Å². The van der Waals surface area contributed by atoms with Gasteiger partial charge in [-0.3, -0.25) is 4.79 Å². The van der Waals surface area contributed by atoms with Gasteiger partial charge in [-0.1, -0.05) is 44.9 Å². The number of benzene rings is 1. The first-order valence-electron chi connectivity index (χ1n) is 7.02. The van der Waals surface area contributed by atoms with E-state index < -0.39 is 0 Å². The fourth-order valence-electron chi connectivity index (χ4n) is 2.52. The lowest BCUT2D eigenvalue weighted by molar-refractivity contribution is 0.418. The van der Waals surface area contributed by atoms with Crippen molar-refractivity contribution < 1.29 is 0 Å². The Hall–Kier alpha value is -1.61. The second-order valence-corrected chi connectivity index (χ2v) is 5.03. The van der Waals surface area contributed by atoms with Crippen LogP contribution in [-0.2, 0) is 13.1 Å². The lowest BCUT2D eigenvalue weighted by Gasteiger charge is -2.17. The van der Waals surface area contributed by atoms with Gasteiger partial charge in [-0.25, -0.2) is 0 Å². The van der Waals surface area contributed by atoms with E-state index in [-0.39, 0.29) is 5.56 Å². The van der Waals surface area contributed by atoms with Crippen LogP contribution in [0.25, 0.3) is 10.9 Å². The van der Waals surface area contributed by atoms with Gasteiger partial charge in [-0.15, -0.1) is 0 Å². The minimum Gasteiger partial charge on any atom is -0.326 e. The second-order valence-electron chi connectivity index (χ2n) is 5.03. The van der Waals surface area contributed by atoms with Gasteiger partial charge in [0.1, 0.15) is 0 Å². The van der Waals surface area contributed by atoms with E-state index >= 15 is 0 Å². The van der Waals surface area contributed by atoms with Crippen LogP contribution in [0, 0.1) is 5.92 Å². The molecular weight excluding hydrogens is 236 g/mol. The number of hydrogen-bond acceptors (Lipinski definition) is 2. The topological polar surface area (TPSA) is 48.0 Å². The maximum atomic E-state index is 12.5. The molecule has 0 aliphatic heterocycles. The molecule has 1 aromatic heterocycles. The first-order chi connectivity index (χ1) is 9.21. The molecule has 0 aliphatic carbocycles. The Bertz CT molecular complexity index is 612. The first-order valence-corrected chi connectivity index (χ1v) is 7.02. The first kappa shape index (κ1) is 13.8. The van der Waals surface area contributed by atoms with Crippen molar-refractivity contribution in [1.29, 1.82) is 0 Å². The van der Waals surface area contributed by atoms with Crippen LogP contribution >= 0.6 is 0 Å². The van der Waals surface area contributed by atoms with Gasteiger partial charge in [0.2, 0.25) is 0 Å². The highest BCUT2D eigenvalue weighted by Gasteiger charge is 2.11. The summed E-state index contributed by atoms with van der Waals surface area (Å²) in [7, 11) is 0. The molecule has 0 aliphatic rings. The second kappa shape index (κ2) is 6.02. The highest BCUT2D eigenvalue weighted by Crippen LogP contribution is 2.17. The maximum Gasteiger partial charge on any atom is 0.255 e. The van der Waals surface area contributed by atoms with Crippen LogP contribution in [0.15, 0.2) is 35.1 Å². The summed E-state index contributed by atoms with van der Waals surface area (Å²) in [6.45, 7) is 5.43. The van der Waals surface area contributed by atoms with Gasteiger partial charge in [0, 0.05) is 18.7 Å². The fraction of sp³-hybridized carbons (Fsp3) is 0.438. The molecule has 2 rings (SSSR count). The van der Waals surface area contributed by atoms with E-state index in [0.29, 0.717) is 18.0 Å². The van der Waals surface area contributed by atoms with Crippen molar-refractivity contribution in [3.8, 4) is 0 Å². The number of fused-ring (bicyclic) bond motifs is 1. The Morgan fingerprint density at radius 1 is 1.21 bits per heavy atom. The quantitative estimate of drug-likeness (QED) is 0.896. The molecule has 3 nitrogen and oxygen atoms in total. The summed E-state index contributed by atoms with van der Waals surface area (Å²) >= 11 is 0. The molecule has 0 unspecified atom stereocenters. The van der Waals surface area contributed by atoms with Crippen molar-refractivity contribution in [2.75, 3.05) is 0 Å². The molecule has 0 saturated carbocycles. The third-order valence-corrected chi connectivity index (χ3v) is 3.89. The van der Waals surface area contributed by atoms with E-state index in [1.807, 2.05) is 34.9 Å². The Morgan fingerprint density at radius 2 is 1.89 bits per heavy atom. The van der Waals surface area contributed by atoms with Gasteiger partial charge in [-0.2, -0.15) is 0 Å². The third-order valence-electron chi connectivity index (χ3n) is 3.89. The minimum absolute atomic E-state index is 0.0631. The van der Waals surface area contributed by atoms with Gasteiger partial charge in [-0.05, 0) is 23.4 Å². The number of aromatic nitrogens is 1. The van der Waals surface area contributed by atoms with E-state index in [0.717, 1.165) is 30.3 Å². The predicted octanol–water partition coefficient (Wildman–Crippen LogP) is 2.90. The van der Waals surface area contributed by atoms with E-state index in [2.05, 4.69) is 13.8 Å². The van der Waals surface area contributed by atoms with Gasteiger partial charge < -0.3 is 10.3 Å². The number of pyridine rings is 1. The summed E-state index contributed by atoms with van der Waals surface area (Å²) in [6, 6.07) is 9.94. The normalized spacial score (nSPS) is 11.4. The lowest BCUT2D eigenvalue weighted by atomic mass is 10.0. The van der Waals surface area contributed by atoms with Crippen molar-refractivity contribution in [1.82, 2.24) is 4.57 Å². The Kier molecular flexibility index (Phi) is 4.38. The summed E-state index contributed by atoms with van der Waals surface area (Å²) in [5.41, 5.74) is 7.47. The van der Waals surface area contributed by atoms with E-state index in [1.54, 1.807) is 0 Å². The zero-order chi connectivity index (χ0) is 13.8. The summed E-state index contributed by atoms with van der Waals surface area (Å²) in [6.07, 6.45) is 2.17. The van der Waals surface area contributed by atoms with Gasteiger partial charge >= 0.3 is 0 Å². The number of nitrogens with zero attached hydrogens (tertiary/aromatic N) is 1. The largest absolute Gasteiger partial charge is 0.326 e. The molecule has 0 saturated heterocycles. The molecule has 0 radical (unpaired) electrons. The SMILES string of the molecule is CCC(CC)Cn1c(=O)c(CN)cc2ccccc21. The average molecular weight is 258 g/mol. The Morgan fingerprint density at radius 3 is 2.53 bits per heavy atom. The molecular formula is C16H22N2O.